The smallest absolute Gasteiger partial charge is 0.352 e. The predicted octanol–water partition coefficient (Wildman–Crippen LogP) is 4.89. The van der Waals surface area contributed by atoms with E-state index in [2.05, 4.69) is 15.5 Å². The van der Waals surface area contributed by atoms with Crippen LogP contribution in [0.2, 0.25) is 0 Å². The Bertz CT molecular complexity index is 1290. The van der Waals surface area contributed by atoms with Gasteiger partial charge in [0.2, 0.25) is 0 Å². The summed E-state index contributed by atoms with van der Waals surface area (Å²) in [6.45, 7) is 2.02. The number of hydrogen-bond donors (Lipinski definition) is 1. The molecule has 4 rings (SSSR count). The van der Waals surface area contributed by atoms with Crippen molar-refractivity contribution in [2.24, 2.45) is 0 Å². The Balaban J connectivity index is 1.43. The lowest BCUT2D eigenvalue weighted by Gasteiger charge is -2.13. The van der Waals surface area contributed by atoms with Crippen molar-refractivity contribution in [3.05, 3.63) is 95.3 Å². The second kappa shape index (κ2) is 9.50. The second-order valence-electron chi connectivity index (χ2n) is 7.65. The number of nitrogens with zero attached hydrogens (tertiary/aromatic N) is 4. The molecule has 4 aromatic rings. The lowest BCUT2D eigenvalue weighted by atomic mass is 10.1. The Morgan fingerprint density at radius 3 is 2.47 bits per heavy atom. The zero-order valence-corrected chi connectivity index (χ0v) is 18.2. The van der Waals surface area contributed by atoms with Gasteiger partial charge in [-0.3, -0.25) is 4.79 Å². The van der Waals surface area contributed by atoms with Gasteiger partial charge in [-0.2, -0.15) is 23.4 Å². The van der Waals surface area contributed by atoms with Crippen LogP contribution in [-0.4, -0.2) is 32.0 Å². The van der Waals surface area contributed by atoms with E-state index in [1.807, 2.05) is 43.5 Å². The first-order valence-electron chi connectivity index (χ1n) is 10.5. The molecule has 0 fully saturated rings. The van der Waals surface area contributed by atoms with E-state index in [1.54, 1.807) is 4.68 Å². The quantitative estimate of drug-likeness (QED) is 0.309. The number of aryl methyl sites for hydroxylation is 2. The fourth-order valence-electron chi connectivity index (χ4n) is 3.62. The van der Waals surface area contributed by atoms with Crippen LogP contribution in [0.1, 0.15) is 33.7 Å². The fourth-order valence-corrected chi connectivity index (χ4v) is 3.62. The average molecular weight is 471 g/mol. The molecule has 0 atom stereocenters. The molecule has 0 saturated carbocycles. The normalized spacial score (nSPS) is 11.6. The number of aromatic nitrogens is 4. The van der Waals surface area contributed by atoms with Gasteiger partial charge >= 0.3 is 6.18 Å². The highest BCUT2D eigenvalue weighted by Gasteiger charge is 2.40. The van der Waals surface area contributed by atoms with E-state index in [0.717, 1.165) is 35.3 Å². The number of hydrogen-bond acceptors (Lipinski definition) is 3. The minimum atomic E-state index is -4.91. The minimum Gasteiger partial charge on any atom is -0.352 e. The van der Waals surface area contributed by atoms with Crippen molar-refractivity contribution >= 4 is 5.91 Å². The monoisotopic (exact) mass is 471 g/mol. The molecule has 2 aromatic heterocycles. The molecule has 6 nitrogen and oxygen atoms in total. The number of para-hydroxylation sites is 2. The molecule has 1 amide bonds. The van der Waals surface area contributed by atoms with Crippen molar-refractivity contribution in [3.8, 4) is 11.4 Å². The molecule has 0 radical (unpaired) electrons. The molecule has 0 aliphatic rings. The third-order valence-corrected chi connectivity index (χ3v) is 5.29. The number of carbonyl (C=O) groups is 1. The van der Waals surface area contributed by atoms with Crippen LogP contribution in [0.15, 0.2) is 67.0 Å². The van der Waals surface area contributed by atoms with Gasteiger partial charge < -0.3 is 5.32 Å². The van der Waals surface area contributed by atoms with Gasteiger partial charge in [-0.1, -0.05) is 30.3 Å². The molecule has 34 heavy (non-hydrogen) atoms. The van der Waals surface area contributed by atoms with Gasteiger partial charge in [0.1, 0.15) is 11.5 Å². The van der Waals surface area contributed by atoms with Crippen LogP contribution in [0.4, 0.5) is 17.6 Å². The van der Waals surface area contributed by atoms with Crippen LogP contribution < -0.4 is 5.32 Å². The molecule has 1 N–H and O–H groups in total. The third kappa shape index (κ3) is 4.85. The second-order valence-corrected chi connectivity index (χ2v) is 7.65. The summed E-state index contributed by atoms with van der Waals surface area (Å²) in [5.41, 5.74) is 0.345. The summed E-state index contributed by atoms with van der Waals surface area (Å²) < 4.78 is 57.5. The first-order chi connectivity index (χ1) is 16.3. The number of carbonyl (C=O) groups excluding carboxylic acids is 1. The summed E-state index contributed by atoms with van der Waals surface area (Å²) in [6, 6.07) is 14.5. The lowest BCUT2D eigenvalue weighted by molar-refractivity contribution is -0.143. The van der Waals surface area contributed by atoms with E-state index in [-0.39, 0.29) is 12.2 Å². The number of amides is 1. The zero-order chi connectivity index (χ0) is 24.3. The Kier molecular flexibility index (Phi) is 6.49. The van der Waals surface area contributed by atoms with Crippen LogP contribution in [0, 0.1) is 12.7 Å². The molecule has 0 bridgehead atoms. The Morgan fingerprint density at radius 2 is 1.76 bits per heavy atom. The van der Waals surface area contributed by atoms with Crippen LogP contribution in [-0.2, 0) is 12.6 Å². The van der Waals surface area contributed by atoms with Gasteiger partial charge in [0.05, 0.1) is 23.1 Å². The van der Waals surface area contributed by atoms with Crippen molar-refractivity contribution in [3.63, 3.8) is 0 Å². The number of benzene rings is 2. The zero-order valence-electron chi connectivity index (χ0n) is 18.2. The summed E-state index contributed by atoms with van der Waals surface area (Å²) in [7, 11) is 0. The van der Waals surface area contributed by atoms with E-state index in [9.17, 15) is 22.4 Å². The highest BCUT2D eigenvalue weighted by atomic mass is 19.4. The van der Waals surface area contributed by atoms with Gasteiger partial charge in [-0.15, -0.1) is 0 Å². The maximum atomic E-state index is 14.1. The van der Waals surface area contributed by atoms with Crippen LogP contribution in [0.25, 0.3) is 11.4 Å². The summed E-state index contributed by atoms with van der Waals surface area (Å²) in [6.07, 6.45) is -1.13. The maximum absolute atomic E-state index is 14.1. The number of halogens is 4. The molecule has 0 saturated heterocycles. The molecular formula is C24H21F4N5O. The van der Waals surface area contributed by atoms with Crippen LogP contribution in [0.5, 0.6) is 0 Å². The van der Waals surface area contributed by atoms with Crippen molar-refractivity contribution in [2.45, 2.75) is 25.9 Å². The van der Waals surface area contributed by atoms with Crippen LogP contribution in [0.3, 0.4) is 0 Å². The topological polar surface area (TPSA) is 64.7 Å². The van der Waals surface area contributed by atoms with Crippen molar-refractivity contribution in [1.29, 1.82) is 0 Å². The van der Waals surface area contributed by atoms with E-state index in [4.69, 9.17) is 0 Å². The molecule has 0 aliphatic carbocycles. The van der Waals surface area contributed by atoms with E-state index in [0.29, 0.717) is 17.5 Å². The van der Waals surface area contributed by atoms with Crippen molar-refractivity contribution in [2.75, 3.05) is 6.54 Å². The Labute approximate surface area is 192 Å². The van der Waals surface area contributed by atoms with Crippen LogP contribution >= 0.6 is 0 Å². The van der Waals surface area contributed by atoms with E-state index < -0.39 is 29.2 Å². The third-order valence-electron chi connectivity index (χ3n) is 5.29. The van der Waals surface area contributed by atoms with Gasteiger partial charge in [-0.25, -0.2) is 13.8 Å². The van der Waals surface area contributed by atoms with Gasteiger partial charge in [-0.05, 0) is 49.6 Å². The molecule has 2 heterocycles. The molecule has 176 valence electrons. The summed E-state index contributed by atoms with van der Waals surface area (Å²) in [5.74, 6) is -1.80. The van der Waals surface area contributed by atoms with Gasteiger partial charge in [0.15, 0.2) is 5.69 Å². The SMILES string of the molecule is Cc1nn(-c2ccccc2)cc1CCCNC(=O)c1cnn(-c2ccccc2F)c1C(F)(F)F. The molecule has 0 unspecified atom stereocenters. The summed E-state index contributed by atoms with van der Waals surface area (Å²) in [5, 5.41) is 10.6. The Morgan fingerprint density at radius 1 is 1.06 bits per heavy atom. The van der Waals surface area contributed by atoms with E-state index in [1.165, 1.54) is 12.1 Å². The molecule has 10 heteroatoms. The van der Waals surface area contributed by atoms with E-state index >= 15 is 0 Å². The first-order valence-corrected chi connectivity index (χ1v) is 10.5. The highest BCUT2D eigenvalue weighted by molar-refractivity contribution is 5.95. The standard InChI is InChI=1S/C24H21F4N5O/c1-16-17(15-32(31-16)18-9-3-2-4-10-18)8-7-13-29-23(34)19-14-30-33(22(19)24(26,27)28)21-12-6-5-11-20(21)25/h2-6,9-12,14-15H,7-8,13H2,1H3,(H,29,34). The molecule has 0 aliphatic heterocycles. The van der Waals surface area contributed by atoms with Crippen molar-refractivity contribution < 1.29 is 22.4 Å². The molecule has 0 spiro atoms. The van der Waals surface area contributed by atoms with Gasteiger partial charge in [0, 0.05) is 12.7 Å². The summed E-state index contributed by atoms with van der Waals surface area (Å²) in [4.78, 5) is 12.5. The first kappa shape index (κ1) is 23.2. The minimum absolute atomic E-state index is 0.150. The summed E-state index contributed by atoms with van der Waals surface area (Å²) >= 11 is 0. The highest BCUT2D eigenvalue weighted by Crippen LogP contribution is 2.34. The van der Waals surface area contributed by atoms with Crippen molar-refractivity contribution in [1.82, 2.24) is 24.9 Å². The maximum Gasteiger partial charge on any atom is 0.434 e. The predicted molar refractivity (Wildman–Crippen MR) is 117 cm³/mol. The molecule has 2 aromatic carbocycles. The Hall–Kier alpha value is -3.95. The lowest BCUT2D eigenvalue weighted by Crippen LogP contribution is -2.27. The molecular weight excluding hydrogens is 450 g/mol. The number of nitrogens with one attached hydrogen (secondary N) is 1. The fraction of sp³-hybridized carbons (Fsp3) is 0.208. The van der Waals surface area contributed by atoms with Gasteiger partial charge in [0.25, 0.3) is 5.91 Å². The number of rotatable bonds is 7. The largest absolute Gasteiger partial charge is 0.434 e. The number of alkyl halides is 3. The average Bonchev–Trinajstić information content (AvgIpc) is 3.42.